The maximum atomic E-state index is 13.7. The van der Waals surface area contributed by atoms with Gasteiger partial charge in [-0.1, -0.05) is 0 Å². The molecule has 27 heavy (non-hydrogen) atoms. The van der Waals surface area contributed by atoms with Gasteiger partial charge in [-0.15, -0.1) is 0 Å². The van der Waals surface area contributed by atoms with Crippen molar-refractivity contribution in [3.8, 4) is 0 Å². The molecule has 0 aromatic rings. The number of nitrogens with zero attached hydrogens (tertiary/aromatic N) is 1. The fourth-order valence-corrected chi connectivity index (χ4v) is 7.44. The van der Waals surface area contributed by atoms with Crippen molar-refractivity contribution in [2.24, 2.45) is 28.9 Å². The lowest BCUT2D eigenvalue weighted by molar-refractivity contribution is -0.179. The Bertz CT molecular complexity index is 686. The molecule has 1 heterocycles. The lowest BCUT2D eigenvalue weighted by atomic mass is 9.45. The summed E-state index contributed by atoms with van der Waals surface area (Å²) in [6.07, 6.45) is 7.39. The fraction of sp³-hybridized carbons (Fsp3) is 0.842. The van der Waals surface area contributed by atoms with Gasteiger partial charge in [0.15, 0.2) is 0 Å². The van der Waals surface area contributed by atoms with Crippen molar-refractivity contribution in [3.63, 3.8) is 0 Å². The van der Waals surface area contributed by atoms with Crippen molar-refractivity contribution in [2.45, 2.75) is 75.1 Å². The first-order chi connectivity index (χ1) is 12.8. The van der Waals surface area contributed by atoms with Gasteiger partial charge in [0.05, 0.1) is 17.8 Å². The highest BCUT2D eigenvalue weighted by atomic mass is 16.3. The van der Waals surface area contributed by atoms with Crippen LogP contribution in [-0.4, -0.2) is 59.1 Å². The number of piperidine rings is 1. The highest BCUT2D eigenvalue weighted by Gasteiger charge is 2.63. The van der Waals surface area contributed by atoms with E-state index < -0.39 is 23.6 Å². The molecule has 2 amide bonds. The van der Waals surface area contributed by atoms with E-state index in [1.165, 1.54) is 7.41 Å². The number of amides is 2. The summed E-state index contributed by atoms with van der Waals surface area (Å²) in [6, 6.07) is -1.02. The minimum absolute atomic E-state index is 0.104. The summed E-state index contributed by atoms with van der Waals surface area (Å²) >= 11 is 0. The monoisotopic (exact) mass is 372 g/mol. The van der Waals surface area contributed by atoms with Gasteiger partial charge in [0, 0.05) is 6.04 Å². The predicted molar refractivity (Wildman–Crippen MR) is 97.8 cm³/mol. The quantitative estimate of drug-likeness (QED) is 0.432. The second-order valence-electron chi connectivity index (χ2n) is 9.91. The number of carbonyl (C=O) groups excluding carboxylic acids is 3. The second-order valence-corrected chi connectivity index (χ2v) is 9.91. The molecule has 6 aliphatic rings. The van der Waals surface area contributed by atoms with Crippen LogP contribution in [0.5, 0.6) is 0 Å². The van der Waals surface area contributed by atoms with Crippen molar-refractivity contribution in [1.82, 2.24) is 10.1 Å². The van der Waals surface area contributed by atoms with Crippen LogP contribution in [0.15, 0.2) is 0 Å². The Morgan fingerprint density at radius 2 is 1.89 bits per heavy atom. The summed E-state index contributed by atoms with van der Waals surface area (Å²) < 4.78 is 0. The number of nitrogens with two attached hydrogens (primary N) is 1. The molecule has 1 radical (unpaired) electrons. The molecule has 8 heteroatoms. The largest absolute Gasteiger partial charge is 0.390 e. The molecule has 5 aliphatic carbocycles. The van der Waals surface area contributed by atoms with Crippen molar-refractivity contribution in [2.75, 3.05) is 0 Å². The van der Waals surface area contributed by atoms with Gasteiger partial charge >= 0.3 is 0 Å². The molecular formula is C19H27BN3O4. The normalized spacial score (nSPS) is 47.4. The number of hydrogen-bond donors (Lipinski definition) is 3. The number of carbonyl (C=O) groups is 3. The Morgan fingerprint density at radius 1 is 1.19 bits per heavy atom. The van der Waals surface area contributed by atoms with E-state index in [2.05, 4.69) is 5.23 Å². The highest BCUT2D eigenvalue weighted by Crippen LogP contribution is 2.63. The summed E-state index contributed by atoms with van der Waals surface area (Å²) in [7, 11) is 1.30. The van der Waals surface area contributed by atoms with Crippen LogP contribution in [0.4, 0.5) is 0 Å². The van der Waals surface area contributed by atoms with E-state index in [1.807, 2.05) is 0 Å². The van der Waals surface area contributed by atoms with Crippen LogP contribution in [0.25, 0.3) is 0 Å². The van der Waals surface area contributed by atoms with E-state index in [1.54, 1.807) is 4.90 Å². The summed E-state index contributed by atoms with van der Waals surface area (Å²) in [5.74, 6) is 0.681. The molecule has 6 atom stereocenters. The van der Waals surface area contributed by atoms with E-state index in [0.717, 1.165) is 38.5 Å². The van der Waals surface area contributed by atoms with Gasteiger partial charge in [-0.25, -0.2) is 0 Å². The summed E-state index contributed by atoms with van der Waals surface area (Å²) in [5.41, 5.74) is 4.53. The molecule has 0 spiro atoms. The third-order valence-corrected chi connectivity index (χ3v) is 7.95. The minimum Gasteiger partial charge on any atom is -0.390 e. The first-order valence-electron chi connectivity index (χ1n) is 10.2. The Morgan fingerprint density at radius 3 is 2.48 bits per heavy atom. The molecule has 0 aromatic carbocycles. The molecule has 4 N–H and O–H groups in total. The maximum absolute atomic E-state index is 13.7. The molecule has 0 aromatic heterocycles. The number of likely N-dealkylation sites (tertiary alicyclic amines) is 1. The topological polar surface area (TPSA) is 113 Å². The number of aliphatic hydroxyl groups is 1. The average Bonchev–Trinajstić information content (AvgIpc) is 3.22. The molecule has 6 fully saturated rings. The Kier molecular flexibility index (Phi) is 3.80. The van der Waals surface area contributed by atoms with E-state index >= 15 is 0 Å². The SMILES string of the molecule is NC(=O)[C@@H]1C[C@@H]2CC2N1C(=O)[C@@H](N[B]C=O)C12CC3CC(CC(O)(C3)C1)C2. The maximum Gasteiger partial charge on any atom is 0.291 e. The minimum atomic E-state index is -0.693. The number of hydrogen-bond acceptors (Lipinski definition) is 5. The van der Waals surface area contributed by atoms with Crippen LogP contribution in [0.2, 0.25) is 0 Å². The molecule has 5 saturated carbocycles. The van der Waals surface area contributed by atoms with E-state index in [0.29, 0.717) is 36.8 Å². The number of rotatable bonds is 6. The fourth-order valence-electron chi connectivity index (χ4n) is 7.44. The van der Waals surface area contributed by atoms with Crippen molar-refractivity contribution in [1.29, 1.82) is 0 Å². The molecule has 1 saturated heterocycles. The van der Waals surface area contributed by atoms with Crippen LogP contribution >= 0.6 is 0 Å². The molecule has 6 rings (SSSR count). The van der Waals surface area contributed by atoms with Crippen molar-refractivity contribution in [3.05, 3.63) is 0 Å². The zero-order chi connectivity index (χ0) is 19.0. The average molecular weight is 372 g/mol. The predicted octanol–water partition coefficient (Wildman–Crippen LogP) is -0.440. The summed E-state index contributed by atoms with van der Waals surface area (Å²) in [5, 5.41) is 14.2. The molecular weight excluding hydrogens is 345 g/mol. The van der Waals surface area contributed by atoms with Gasteiger partial charge in [-0.2, -0.15) is 0 Å². The van der Waals surface area contributed by atoms with Crippen molar-refractivity contribution < 1.29 is 19.5 Å². The first-order valence-corrected chi connectivity index (χ1v) is 10.2. The second kappa shape index (κ2) is 5.80. The van der Waals surface area contributed by atoms with Crippen LogP contribution in [-0.2, 0) is 14.4 Å². The third-order valence-electron chi connectivity index (χ3n) is 7.95. The molecule has 7 nitrogen and oxygen atoms in total. The zero-order valence-electron chi connectivity index (χ0n) is 15.5. The van der Waals surface area contributed by atoms with Gasteiger partial charge in [-0.3, -0.25) is 9.59 Å². The molecule has 145 valence electrons. The Balaban J connectivity index is 1.47. The summed E-state index contributed by atoms with van der Waals surface area (Å²) in [4.78, 5) is 38.3. The van der Waals surface area contributed by atoms with E-state index in [-0.39, 0.29) is 17.4 Å². The number of primary amides is 1. The van der Waals surface area contributed by atoms with Crippen LogP contribution in [0, 0.1) is 23.2 Å². The lowest BCUT2D eigenvalue weighted by Gasteiger charge is -2.62. The van der Waals surface area contributed by atoms with E-state index in [4.69, 9.17) is 5.73 Å². The van der Waals surface area contributed by atoms with Gasteiger partial charge in [0.1, 0.15) is 6.04 Å². The third kappa shape index (κ3) is 2.67. The molecule has 3 unspecified atom stereocenters. The first kappa shape index (κ1) is 17.7. The van der Waals surface area contributed by atoms with Gasteiger partial charge in [0.25, 0.3) is 7.41 Å². The lowest BCUT2D eigenvalue weighted by Crippen LogP contribution is -2.66. The molecule has 4 bridgehead atoms. The standard InChI is InChI=1S/C19H27BN3O4/c21-16(25)14-3-12-2-13(12)23(14)17(26)15(22-20-9-24)18-4-10-1-11(5-18)7-19(27,6-10)8-18/h9-15,22,27H,1-8H2,(H2,21,25)/t10?,11?,12-,13?,14-,15+,18?,19?/m0/s1. The number of nitrogens with one attached hydrogen (secondary N) is 1. The Hall–Kier alpha value is -1.41. The van der Waals surface area contributed by atoms with Crippen LogP contribution < -0.4 is 11.0 Å². The van der Waals surface area contributed by atoms with Crippen molar-refractivity contribution >= 4 is 25.4 Å². The summed E-state index contributed by atoms with van der Waals surface area (Å²) in [6.45, 7) is 0. The van der Waals surface area contributed by atoms with E-state index in [9.17, 15) is 19.5 Å². The van der Waals surface area contributed by atoms with Gasteiger partial charge < -0.3 is 25.8 Å². The van der Waals surface area contributed by atoms with Crippen LogP contribution in [0.1, 0.15) is 51.4 Å². The number of fused-ring (bicyclic) bond motifs is 1. The zero-order valence-corrected chi connectivity index (χ0v) is 15.5. The Labute approximate surface area is 159 Å². The molecule has 1 aliphatic heterocycles. The van der Waals surface area contributed by atoms with Gasteiger partial charge in [-0.05, 0) is 74.5 Å². The smallest absolute Gasteiger partial charge is 0.291 e. The highest BCUT2D eigenvalue weighted by molar-refractivity contribution is 6.64. The van der Waals surface area contributed by atoms with Crippen LogP contribution in [0.3, 0.4) is 0 Å². The van der Waals surface area contributed by atoms with Gasteiger partial charge in [0.2, 0.25) is 11.8 Å².